The molecule has 1 aliphatic heterocycles. The lowest BCUT2D eigenvalue weighted by molar-refractivity contribution is -0.140. The zero-order valence-electron chi connectivity index (χ0n) is 12.3. The molecule has 3 atom stereocenters. The second-order valence-corrected chi connectivity index (χ2v) is 5.14. The number of nitriles is 1. The first-order chi connectivity index (χ1) is 10.2. The molecule has 1 saturated heterocycles. The monoisotopic (exact) mass is 288 g/mol. The van der Waals surface area contributed by atoms with Crippen LogP contribution in [-0.2, 0) is 9.53 Å². The average molecular weight is 288 g/mol. The summed E-state index contributed by atoms with van der Waals surface area (Å²) >= 11 is 0. The molecule has 0 bridgehead atoms. The molecule has 5 heteroatoms. The van der Waals surface area contributed by atoms with Crippen molar-refractivity contribution in [2.24, 2.45) is 5.92 Å². The largest absolute Gasteiger partial charge is 0.497 e. The van der Waals surface area contributed by atoms with E-state index in [2.05, 4.69) is 18.3 Å². The number of hydrogen-bond donors (Lipinski definition) is 1. The summed E-state index contributed by atoms with van der Waals surface area (Å²) in [6, 6.07) is 8.97. The number of cyclic esters (lactones) is 1. The third kappa shape index (κ3) is 3.46. The molecule has 0 saturated carbocycles. The molecule has 0 aliphatic carbocycles. The molecule has 5 nitrogen and oxygen atoms in total. The lowest BCUT2D eigenvalue weighted by Gasteiger charge is -2.19. The van der Waals surface area contributed by atoms with E-state index in [4.69, 9.17) is 14.7 Å². The molecule has 2 rings (SSSR count). The second kappa shape index (κ2) is 6.98. The number of nitrogens with one attached hydrogen (secondary N) is 1. The second-order valence-electron chi connectivity index (χ2n) is 5.14. The van der Waals surface area contributed by atoms with E-state index < -0.39 is 12.1 Å². The van der Waals surface area contributed by atoms with E-state index in [0.29, 0.717) is 0 Å². The third-order valence-electron chi connectivity index (χ3n) is 3.74. The minimum absolute atomic E-state index is 0.107. The molecule has 0 aromatic heterocycles. The number of benzene rings is 1. The van der Waals surface area contributed by atoms with E-state index in [1.165, 1.54) is 0 Å². The van der Waals surface area contributed by atoms with Crippen molar-refractivity contribution < 1.29 is 14.3 Å². The number of hydrogen-bond acceptors (Lipinski definition) is 5. The Morgan fingerprint density at radius 3 is 2.67 bits per heavy atom. The molecule has 0 spiro atoms. The summed E-state index contributed by atoms with van der Waals surface area (Å²) in [5.74, 6) is 0.301. The van der Waals surface area contributed by atoms with Gasteiger partial charge in [0.25, 0.3) is 0 Å². The molecule has 1 aliphatic rings. The molecule has 1 fully saturated rings. The summed E-state index contributed by atoms with van der Waals surface area (Å²) in [5, 5.41) is 12.3. The number of carbonyl (C=O) groups excluding carboxylic acids is 1. The van der Waals surface area contributed by atoms with E-state index in [0.717, 1.165) is 30.7 Å². The minimum atomic E-state index is -0.653. The molecular formula is C16H20N2O3. The predicted molar refractivity (Wildman–Crippen MR) is 78.9 cm³/mol. The zero-order valence-corrected chi connectivity index (χ0v) is 12.3. The van der Waals surface area contributed by atoms with Gasteiger partial charge in [0.15, 0.2) is 6.10 Å². The molecule has 0 radical (unpaired) electrons. The van der Waals surface area contributed by atoms with Crippen molar-refractivity contribution in [1.29, 1.82) is 5.26 Å². The Balaban J connectivity index is 2.10. The number of rotatable bonds is 6. The molecule has 1 N–H and O–H groups in total. The highest BCUT2D eigenvalue weighted by Crippen LogP contribution is 2.30. The van der Waals surface area contributed by atoms with Gasteiger partial charge in [-0.1, -0.05) is 19.8 Å². The van der Waals surface area contributed by atoms with Gasteiger partial charge in [-0.2, -0.15) is 5.26 Å². The van der Waals surface area contributed by atoms with Gasteiger partial charge < -0.3 is 14.8 Å². The summed E-state index contributed by atoms with van der Waals surface area (Å²) in [6.45, 7) is 2.09. The maximum Gasteiger partial charge on any atom is 0.330 e. The number of nitrogens with zero attached hydrogens (tertiary/aromatic N) is 1. The SMILES string of the molecule is CCCC[C@@H]1[C@H](C#N)OC(=O)[C@H]1Nc1ccc(OC)cc1. The van der Waals surface area contributed by atoms with Gasteiger partial charge in [-0.3, -0.25) is 0 Å². The van der Waals surface area contributed by atoms with Crippen molar-refractivity contribution >= 4 is 11.7 Å². The van der Waals surface area contributed by atoms with Gasteiger partial charge in [0.1, 0.15) is 17.9 Å². The van der Waals surface area contributed by atoms with Crippen molar-refractivity contribution in [3.8, 4) is 11.8 Å². The Morgan fingerprint density at radius 1 is 1.38 bits per heavy atom. The van der Waals surface area contributed by atoms with Crippen LogP contribution in [0.4, 0.5) is 5.69 Å². The Kier molecular flexibility index (Phi) is 5.04. The summed E-state index contributed by atoms with van der Waals surface area (Å²) in [5.41, 5.74) is 0.817. The molecule has 0 amide bonds. The van der Waals surface area contributed by atoms with Crippen LogP contribution in [0.15, 0.2) is 24.3 Å². The van der Waals surface area contributed by atoms with Crippen LogP contribution in [0.25, 0.3) is 0 Å². The minimum Gasteiger partial charge on any atom is -0.497 e. The van der Waals surface area contributed by atoms with Crippen LogP contribution < -0.4 is 10.1 Å². The van der Waals surface area contributed by atoms with Crippen LogP contribution in [-0.4, -0.2) is 25.2 Å². The summed E-state index contributed by atoms with van der Waals surface area (Å²) in [6.07, 6.45) is 2.15. The van der Waals surface area contributed by atoms with E-state index in [1.807, 2.05) is 24.3 Å². The van der Waals surface area contributed by atoms with Gasteiger partial charge in [0.2, 0.25) is 0 Å². The fourth-order valence-corrected chi connectivity index (χ4v) is 2.55. The van der Waals surface area contributed by atoms with Crippen molar-refractivity contribution in [3.63, 3.8) is 0 Å². The number of esters is 1. The molecule has 0 unspecified atom stereocenters. The summed E-state index contributed by atoms with van der Waals surface area (Å²) in [7, 11) is 1.61. The van der Waals surface area contributed by atoms with Crippen molar-refractivity contribution in [2.45, 2.75) is 38.3 Å². The van der Waals surface area contributed by atoms with E-state index in [1.54, 1.807) is 7.11 Å². The predicted octanol–water partition coefficient (Wildman–Crippen LogP) is 2.73. The fourth-order valence-electron chi connectivity index (χ4n) is 2.55. The first-order valence-electron chi connectivity index (χ1n) is 7.20. The standard InChI is InChI=1S/C16H20N2O3/c1-3-4-5-13-14(10-17)21-16(19)15(13)18-11-6-8-12(20-2)9-7-11/h6-9,13-15,18H,3-5H2,1-2H3/t13-,14+,15+/m1/s1. The Labute approximate surface area is 124 Å². The van der Waals surface area contributed by atoms with Crippen LogP contribution in [0.5, 0.6) is 5.75 Å². The zero-order chi connectivity index (χ0) is 15.2. The summed E-state index contributed by atoms with van der Waals surface area (Å²) < 4.78 is 10.3. The van der Waals surface area contributed by atoms with Crippen LogP contribution >= 0.6 is 0 Å². The molecular weight excluding hydrogens is 268 g/mol. The van der Waals surface area contributed by atoms with E-state index >= 15 is 0 Å². The fraction of sp³-hybridized carbons (Fsp3) is 0.500. The first-order valence-corrected chi connectivity index (χ1v) is 7.20. The van der Waals surface area contributed by atoms with Crippen molar-refractivity contribution in [1.82, 2.24) is 0 Å². The number of anilines is 1. The molecule has 1 aromatic carbocycles. The van der Waals surface area contributed by atoms with Crippen molar-refractivity contribution in [3.05, 3.63) is 24.3 Å². The van der Waals surface area contributed by atoms with Gasteiger partial charge in [0.05, 0.1) is 7.11 Å². The number of ether oxygens (including phenoxy) is 2. The first kappa shape index (κ1) is 15.2. The smallest absolute Gasteiger partial charge is 0.330 e. The van der Waals surface area contributed by atoms with Crippen LogP contribution in [0.1, 0.15) is 26.2 Å². The van der Waals surface area contributed by atoms with Gasteiger partial charge >= 0.3 is 5.97 Å². The van der Waals surface area contributed by atoms with Crippen LogP contribution in [0.3, 0.4) is 0 Å². The maximum absolute atomic E-state index is 12.0. The highest BCUT2D eigenvalue weighted by Gasteiger charge is 2.44. The van der Waals surface area contributed by atoms with Crippen molar-refractivity contribution in [2.75, 3.05) is 12.4 Å². The average Bonchev–Trinajstić information content (AvgIpc) is 2.81. The normalized spacial score (nSPS) is 24.2. The number of methoxy groups -OCH3 is 1. The molecule has 1 aromatic rings. The third-order valence-corrected chi connectivity index (χ3v) is 3.74. The van der Waals surface area contributed by atoms with Gasteiger partial charge in [0, 0.05) is 11.6 Å². The number of unbranched alkanes of at least 4 members (excludes halogenated alkanes) is 1. The van der Waals surface area contributed by atoms with Gasteiger partial charge in [-0.25, -0.2) is 4.79 Å². The summed E-state index contributed by atoms with van der Waals surface area (Å²) in [4.78, 5) is 12.0. The van der Waals surface area contributed by atoms with Crippen LogP contribution in [0, 0.1) is 17.2 Å². The molecule has 1 heterocycles. The quantitative estimate of drug-likeness (QED) is 0.815. The van der Waals surface area contributed by atoms with Gasteiger partial charge in [-0.15, -0.1) is 0 Å². The van der Waals surface area contributed by atoms with Crippen LogP contribution in [0.2, 0.25) is 0 Å². The highest BCUT2D eigenvalue weighted by molar-refractivity contribution is 5.82. The Bertz CT molecular complexity index is 521. The lowest BCUT2D eigenvalue weighted by Crippen LogP contribution is -2.32. The molecule has 21 heavy (non-hydrogen) atoms. The van der Waals surface area contributed by atoms with E-state index in [9.17, 15) is 4.79 Å². The Hall–Kier alpha value is -2.22. The number of carbonyl (C=O) groups is 1. The Morgan fingerprint density at radius 2 is 2.10 bits per heavy atom. The molecule has 112 valence electrons. The van der Waals surface area contributed by atoms with E-state index in [-0.39, 0.29) is 11.9 Å². The van der Waals surface area contributed by atoms with Gasteiger partial charge in [-0.05, 0) is 30.7 Å². The topological polar surface area (TPSA) is 71.3 Å². The highest BCUT2D eigenvalue weighted by atomic mass is 16.6. The maximum atomic E-state index is 12.0. The lowest BCUT2D eigenvalue weighted by atomic mass is 9.91.